The first kappa shape index (κ1) is 15.3. The Morgan fingerprint density at radius 1 is 1.29 bits per heavy atom. The Balaban J connectivity index is 2.32. The van der Waals surface area contributed by atoms with Crippen molar-refractivity contribution in [1.29, 1.82) is 0 Å². The molecule has 0 bridgehead atoms. The normalized spacial score (nSPS) is 12.5. The number of furan rings is 1. The van der Waals surface area contributed by atoms with Crippen LogP contribution in [0.1, 0.15) is 24.3 Å². The third-order valence-electron chi connectivity index (χ3n) is 2.78. The van der Waals surface area contributed by atoms with Crippen molar-refractivity contribution in [2.45, 2.75) is 17.9 Å². The highest BCUT2D eigenvalue weighted by molar-refractivity contribution is 7.89. The van der Waals surface area contributed by atoms with Gasteiger partial charge in [0.1, 0.15) is 12.4 Å². The fourth-order valence-corrected chi connectivity index (χ4v) is 3.21. The monoisotopic (exact) mass is 305 g/mol. The van der Waals surface area contributed by atoms with E-state index in [1.54, 1.807) is 37.3 Å². The number of hydrogen-bond acceptors (Lipinski definition) is 4. The summed E-state index contributed by atoms with van der Waals surface area (Å²) >= 11 is 0. The molecule has 6 heteroatoms. The van der Waals surface area contributed by atoms with Gasteiger partial charge in [-0.1, -0.05) is 24.0 Å². The van der Waals surface area contributed by atoms with Crippen molar-refractivity contribution < 1.29 is 17.9 Å². The Kier molecular flexibility index (Phi) is 4.81. The first-order chi connectivity index (χ1) is 10.0. The zero-order valence-electron chi connectivity index (χ0n) is 11.4. The van der Waals surface area contributed by atoms with Gasteiger partial charge in [-0.25, -0.2) is 13.1 Å². The second-order valence-electron chi connectivity index (χ2n) is 4.31. The summed E-state index contributed by atoms with van der Waals surface area (Å²) in [7, 11) is -3.74. The molecule has 0 spiro atoms. The maximum absolute atomic E-state index is 12.4. The number of rotatable bonds is 4. The van der Waals surface area contributed by atoms with E-state index in [-0.39, 0.29) is 11.5 Å². The number of benzene rings is 1. The van der Waals surface area contributed by atoms with Crippen LogP contribution >= 0.6 is 0 Å². The maximum Gasteiger partial charge on any atom is 0.242 e. The molecule has 0 aliphatic carbocycles. The molecule has 2 aromatic rings. The predicted molar refractivity (Wildman–Crippen MR) is 77.9 cm³/mol. The summed E-state index contributed by atoms with van der Waals surface area (Å²) < 4.78 is 32.6. The lowest BCUT2D eigenvalue weighted by Gasteiger charge is -2.13. The molecular weight excluding hydrogens is 290 g/mol. The number of aliphatic hydroxyl groups is 1. The van der Waals surface area contributed by atoms with Crippen molar-refractivity contribution in [3.8, 4) is 11.8 Å². The Morgan fingerprint density at radius 2 is 2.05 bits per heavy atom. The van der Waals surface area contributed by atoms with Crippen LogP contribution in [0.5, 0.6) is 0 Å². The van der Waals surface area contributed by atoms with E-state index < -0.39 is 16.1 Å². The van der Waals surface area contributed by atoms with Crippen LogP contribution in [-0.2, 0) is 10.0 Å². The summed E-state index contributed by atoms with van der Waals surface area (Å²) in [5.41, 5.74) is 0.339. The molecule has 1 atom stereocenters. The zero-order chi connectivity index (χ0) is 15.3. The summed E-state index contributed by atoms with van der Waals surface area (Å²) in [6.45, 7) is 1.36. The topological polar surface area (TPSA) is 79.5 Å². The summed E-state index contributed by atoms with van der Waals surface area (Å²) in [5, 5.41) is 8.74. The van der Waals surface area contributed by atoms with E-state index in [0.29, 0.717) is 11.3 Å². The molecule has 2 rings (SSSR count). The van der Waals surface area contributed by atoms with Crippen molar-refractivity contribution in [1.82, 2.24) is 4.72 Å². The predicted octanol–water partition coefficient (Wildman–Crippen LogP) is 1.66. The van der Waals surface area contributed by atoms with E-state index in [1.165, 1.54) is 12.3 Å². The maximum atomic E-state index is 12.4. The lowest BCUT2D eigenvalue weighted by Crippen LogP contribution is -2.27. The van der Waals surface area contributed by atoms with Gasteiger partial charge in [0.2, 0.25) is 10.0 Å². The van der Waals surface area contributed by atoms with E-state index in [0.717, 1.165) is 0 Å². The Labute approximate surface area is 123 Å². The summed E-state index contributed by atoms with van der Waals surface area (Å²) in [5.74, 6) is 5.61. The third-order valence-corrected chi connectivity index (χ3v) is 4.38. The van der Waals surface area contributed by atoms with Gasteiger partial charge in [0, 0.05) is 5.56 Å². The molecule has 0 aliphatic rings. The van der Waals surface area contributed by atoms with Crippen LogP contribution in [0.25, 0.3) is 0 Å². The van der Waals surface area contributed by atoms with E-state index in [1.807, 2.05) is 0 Å². The van der Waals surface area contributed by atoms with Crippen molar-refractivity contribution >= 4 is 10.0 Å². The zero-order valence-corrected chi connectivity index (χ0v) is 12.2. The van der Waals surface area contributed by atoms with Gasteiger partial charge in [-0.05, 0) is 31.2 Å². The molecular formula is C15H15NO4S. The summed E-state index contributed by atoms with van der Waals surface area (Å²) in [6, 6.07) is 9.27. The SMILES string of the molecule is CC(NS(=O)(=O)c1ccccc1C#CCO)c1ccco1. The van der Waals surface area contributed by atoms with Crippen LogP contribution in [-0.4, -0.2) is 20.1 Å². The minimum atomic E-state index is -3.74. The number of sulfonamides is 1. The second-order valence-corrected chi connectivity index (χ2v) is 6.00. The van der Waals surface area contributed by atoms with Crippen LogP contribution in [0.4, 0.5) is 0 Å². The Hall–Kier alpha value is -2.07. The Bertz CT molecular complexity index is 754. The van der Waals surface area contributed by atoms with E-state index >= 15 is 0 Å². The second kappa shape index (κ2) is 6.59. The first-order valence-electron chi connectivity index (χ1n) is 6.29. The summed E-state index contributed by atoms with van der Waals surface area (Å²) in [4.78, 5) is 0.0735. The molecule has 1 aromatic heterocycles. The molecule has 0 aliphatic heterocycles. The van der Waals surface area contributed by atoms with Crippen LogP contribution in [0, 0.1) is 11.8 Å². The van der Waals surface area contributed by atoms with Gasteiger partial charge in [0.25, 0.3) is 0 Å². The molecule has 21 heavy (non-hydrogen) atoms. The van der Waals surface area contributed by atoms with Crippen LogP contribution in [0.3, 0.4) is 0 Å². The minimum Gasteiger partial charge on any atom is -0.468 e. The highest BCUT2D eigenvalue weighted by atomic mass is 32.2. The van der Waals surface area contributed by atoms with Gasteiger partial charge >= 0.3 is 0 Å². The molecule has 1 unspecified atom stereocenters. The van der Waals surface area contributed by atoms with Crippen molar-refractivity contribution in [3.05, 3.63) is 54.0 Å². The molecule has 1 heterocycles. The largest absolute Gasteiger partial charge is 0.468 e. The van der Waals surface area contributed by atoms with Crippen LogP contribution in [0.2, 0.25) is 0 Å². The number of hydrogen-bond donors (Lipinski definition) is 2. The minimum absolute atomic E-state index is 0.0735. The lowest BCUT2D eigenvalue weighted by atomic mass is 10.2. The molecule has 0 radical (unpaired) electrons. The molecule has 0 saturated heterocycles. The van der Waals surface area contributed by atoms with Gasteiger partial charge in [-0.15, -0.1) is 0 Å². The van der Waals surface area contributed by atoms with Crippen LogP contribution in [0.15, 0.2) is 52.0 Å². The molecule has 0 saturated carbocycles. The quantitative estimate of drug-likeness (QED) is 0.842. The first-order valence-corrected chi connectivity index (χ1v) is 7.77. The highest BCUT2D eigenvalue weighted by Crippen LogP contribution is 2.19. The standard InChI is InChI=1S/C15H15NO4S/c1-12(14-8-5-11-20-14)16-21(18,19)15-9-3-2-6-13(15)7-4-10-17/h2-3,5-6,8-9,11-12,16-17H,10H2,1H3. The van der Waals surface area contributed by atoms with Gasteiger partial charge in [0.05, 0.1) is 17.2 Å². The fraction of sp³-hybridized carbons (Fsp3) is 0.200. The van der Waals surface area contributed by atoms with Crippen molar-refractivity contribution in [3.63, 3.8) is 0 Å². The summed E-state index contributed by atoms with van der Waals surface area (Å²) in [6.07, 6.45) is 1.49. The molecule has 1 aromatic carbocycles. The number of aliphatic hydroxyl groups excluding tert-OH is 1. The smallest absolute Gasteiger partial charge is 0.242 e. The van der Waals surface area contributed by atoms with E-state index in [9.17, 15) is 8.42 Å². The third kappa shape index (κ3) is 3.73. The van der Waals surface area contributed by atoms with Gasteiger partial charge < -0.3 is 9.52 Å². The van der Waals surface area contributed by atoms with E-state index in [4.69, 9.17) is 9.52 Å². The lowest BCUT2D eigenvalue weighted by molar-refractivity contribution is 0.350. The van der Waals surface area contributed by atoms with Crippen molar-refractivity contribution in [2.24, 2.45) is 0 Å². The van der Waals surface area contributed by atoms with Crippen LogP contribution < -0.4 is 4.72 Å². The molecule has 5 nitrogen and oxygen atoms in total. The van der Waals surface area contributed by atoms with Gasteiger partial charge in [-0.2, -0.15) is 0 Å². The average Bonchev–Trinajstić information content (AvgIpc) is 2.99. The molecule has 0 fully saturated rings. The molecule has 2 N–H and O–H groups in total. The van der Waals surface area contributed by atoms with Gasteiger partial charge in [0.15, 0.2) is 0 Å². The molecule has 110 valence electrons. The molecule has 0 amide bonds. The number of nitrogens with one attached hydrogen (secondary N) is 1. The Morgan fingerprint density at radius 3 is 2.71 bits per heavy atom. The fourth-order valence-electron chi connectivity index (χ4n) is 1.83. The average molecular weight is 305 g/mol. The highest BCUT2D eigenvalue weighted by Gasteiger charge is 2.21. The van der Waals surface area contributed by atoms with E-state index in [2.05, 4.69) is 16.6 Å². The van der Waals surface area contributed by atoms with Crippen molar-refractivity contribution in [2.75, 3.05) is 6.61 Å². The van der Waals surface area contributed by atoms with Gasteiger partial charge in [-0.3, -0.25) is 0 Å².